The molecule has 0 atom stereocenters. The summed E-state index contributed by atoms with van der Waals surface area (Å²) in [5, 5.41) is 7.61. The van der Waals surface area contributed by atoms with E-state index in [4.69, 9.17) is 11.6 Å². The molecule has 1 N–H and O–H groups in total. The zero-order valence-electron chi connectivity index (χ0n) is 10.8. The van der Waals surface area contributed by atoms with Crippen LogP contribution in [0.15, 0.2) is 36.5 Å². The van der Waals surface area contributed by atoms with Gasteiger partial charge in [0.1, 0.15) is 5.69 Å². The van der Waals surface area contributed by atoms with Gasteiger partial charge in [-0.3, -0.25) is 9.48 Å². The maximum absolute atomic E-state index is 12.2. The van der Waals surface area contributed by atoms with Crippen LogP contribution in [0.1, 0.15) is 23.8 Å². The number of nitrogens with zero attached hydrogens (tertiary/aromatic N) is 2. The molecule has 0 aliphatic carbocycles. The van der Waals surface area contributed by atoms with E-state index in [2.05, 4.69) is 10.4 Å². The van der Waals surface area contributed by atoms with E-state index in [1.807, 2.05) is 37.3 Å². The fourth-order valence-corrected chi connectivity index (χ4v) is 2.09. The van der Waals surface area contributed by atoms with E-state index in [-0.39, 0.29) is 12.3 Å². The molecule has 1 heterocycles. The molecule has 0 saturated carbocycles. The van der Waals surface area contributed by atoms with Crippen molar-refractivity contribution in [2.24, 2.45) is 0 Å². The summed E-state index contributed by atoms with van der Waals surface area (Å²) in [6.45, 7) is 2.93. The predicted octanol–water partition coefficient (Wildman–Crippen LogP) is 3.24. The first-order valence-electron chi connectivity index (χ1n) is 6.25. The smallest absolute Gasteiger partial charge is 0.201 e. The molecule has 0 saturated heterocycles. The maximum Gasteiger partial charge on any atom is 0.201 e. The zero-order valence-corrected chi connectivity index (χ0v) is 11.5. The average Bonchev–Trinajstić information content (AvgIpc) is 2.79. The Balaban J connectivity index is 2.06. The van der Waals surface area contributed by atoms with Crippen LogP contribution < -0.4 is 5.32 Å². The number of ketones is 1. The third-order valence-corrected chi connectivity index (χ3v) is 3.00. The summed E-state index contributed by atoms with van der Waals surface area (Å²) in [7, 11) is 0. The summed E-state index contributed by atoms with van der Waals surface area (Å²) in [4.78, 5) is 12.2. The lowest BCUT2D eigenvalue weighted by Gasteiger charge is -2.08. The van der Waals surface area contributed by atoms with Crippen LogP contribution >= 0.6 is 11.6 Å². The van der Waals surface area contributed by atoms with Crippen LogP contribution in [0, 0.1) is 0 Å². The fraction of sp³-hybridized carbons (Fsp3) is 0.286. The van der Waals surface area contributed by atoms with E-state index in [1.54, 1.807) is 4.68 Å². The number of nitrogens with one attached hydrogen (secondary N) is 1. The molecule has 0 fully saturated rings. The summed E-state index contributed by atoms with van der Waals surface area (Å²) in [6, 6.07) is 9.60. The van der Waals surface area contributed by atoms with Gasteiger partial charge in [0, 0.05) is 12.2 Å². The highest BCUT2D eigenvalue weighted by atomic mass is 35.5. The number of rotatable bonds is 6. The Morgan fingerprint density at radius 2 is 2.11 bits per heavy atom. The molecule has 0 unspecified atom stereocenters. The summed E-state index contributed by atoms with van der Waals surface area (Å²) >= 11 is 6.03. The number of Topliss-reactive ketones (excluding diaryl/α,β-unsaturated/α-hetero) is 1. The lowest BCUT2D eigenvalue weighted by Crippen LogP contribution is -2.19. The SMILES string of the molecule is CCCn1ncc(Cl)c1C(=O)CNc1ccccc1. The Bertz CT molecular complexity index is 551. The van der Waals surface area contributed by atoms with Crippen LogP contribution in [-0.4, -0.2) is 22.1 Å². The Hall–Kier alpha value is -1.81. The molecule has 100 valence electrons. The summed E-state index contributed by atoms with van der Waals surface area (Å²) in [6.07, 6.45) is 2.43. The van der Waals surface area contributed by atoms with Crippen LogP contribution in [0.25, 0.3) is 0 Å². The second-order valence-electron chi connectivity index (χ2n) is 4.21. The topological polar surface area (TPSA) is 46.9 Å². The minimum Gasteiger partial charge on any atom is -0.378 e. The molecule has 2 rings (SSSR count). The molecular formula is C14H16ClN3O. The molecule has 2 aromatic rings. The lowest BCUT2D eigenvalue weighted by molar-refractivity contribution is 0.0996. The molecule has 4 nitrogen and oxygen atoms in total. The van der Waals surface area contributed by atoms with Gasteiger partial charge in [-0.25, -0.2) is 0 Å². The number of aromatic nitrogens is 2. The van der Waals surface area contributed by atoms with Crippen molar-refractivity contribution >= 4 is 23.1 Å². The molecule has 0 aliphatic rings. The van der Waals surface area contributed by atoms with Gasteiger partial charge in [-0.1, -0.05) is 36.7 Å². The van der Waals surface area contributed by atoms with Crippen molar-refractivity contribution in [3.63, 3.8) is 0 Å². The van der Waals surface area contributed by atoms with E-state index in [9.17, 15) is 4.79 Å². The number of halogens is 1. The molecule has 19 heavy (non-hydrogen) atoms. The zero-order chi connectivity index (χ0) is 13.7. The Kier molecular flexibility index (Phi) is 4.58. The first kappa shape index (κ1) is 13.6. The highest BCUT2D eigenvalue weighted by Crippen LogP contribution is 2.16. The van der Waals surface area contributed by atoms with Gasteiger partial charge >= 0.3 is 0 Å². The van der Waals surface area contributed by atoms with Gasteiger partial charge in [-0.05, 0) is 18.6 Å². The highest BCUT2D eigenvalue weighted by Gasteiger charge is 2.16. The lowest BCUT2D eigenvalue weighted by atomic mass is 10.2. The van der Waals surface area contributed by atoms with Crippen LogP contribution in [-0.2, 0) is 6.54 Å². The molecule has 0 amide bonds. The molecular weight excluding hydrogens is 262 g/mol. The van der Waals surface area contributed by atoms with Crippen molar-refractivity contribution in [1.29, 1.82) is 0 Å². The van der Waals surface area contributed by atoms with Crippen LogP contribution in [0.4, 0.5) is 5.69 Å². The molecule has 0 aliphatic heterocycles. The number of para-hydroxylation sites is 1. The van der Waals surface area contributed by atoms with Gasteiger partial charge < -0.3 is 5.32 Å². The van der Waals surface area contributed by atoms with E-state index < -0.39 is 0 Å². The third kappa shape index (κ3) is 3.35. The van der Waals surface area contributed by atoms with Gasteiger partial charge in [-0.2, -0.15) is 5.10 Å². The highest BCUT2D eigenvalue weighted by molar-refractivity contribution is 6.33. The van der Waals surface area contributed by atoms with Gasteiger partial charge in [-0.15, -0.1) is 0 Å². The first-order chi connectivity index (χ1) is 9.22. The minimum absolute atomic E-state index is 0.0557. The van der Waals surface area contributed by atoms with Crippen molar-refractivity contribution in [3.05, 3.63) is 47.2 Å². The monoisotopic (exact) mass is 277 g/mol. The molecule has 0 spiro atoms. The van der Waals surface area contributed by atoms with Gasteiger partial charge in [0.05, 0.1) is 17.8 Å². The minimum atomic E-state index is -0.0557. The summed E-state index contributed by atoms with van der Waals surface area (Å²) in [5.41, 5.74) is 1.39. The number of anilines is 1. The van der Waals surface area contributed by atoms with Gasteiger partial charge in [0.25, 0.3) is 0 Å². The number of carbonyl (C=O) groups excluding carboxylic acids is 1. The number of hydrogen-bond donors (Lipinski definition) is 1. The predicted molar refractivity (Wildman–Crippen MR) is 76.8 cm³/mol. The second-order valence-corrected chi connectivity index (χ2v) is 4.61. The van der Waals surface area contributed by atoms with Crippen molar-refractivity contribution in [2.75, 3.05) is 11.9 Å². The van der Waals surface area contributed by atoms with Crippen LogP contribution in [0.2, 0.25) is 5.02 Å². The van der Waals surface area contributed by atoms with Gasteiger partial charge in [0.15, 0.2) is 0 Å². The third-order valence-electron chi connectivity index (χ3n) is 2.72. The van der Waals surface area contributed by atoms with Crippen molar-refractivity contribution in [1.82, 2.24) is 9.78 Å². The average molecular weight is 278 g/mol. The largest absolute Gasteiger partial charge is 0.378 e. The summed E-state index contributed by atoms with van der Waals surface area (Å²) in [5.74, 6) is -0.0557. The van der Waals surface area contributed by atoms with Crippen molar-refractivity contribution in [3.8, 4) is 0 Å². The number of hydrogen-bond acceptors (Lipinski definition) is 3. The number of aryl methyl sites for hydroxylation is 1. The summed E-state index contributed by atoms with van der Waals surface area (Å²) < 4.78 is 1.66. The van der Waals surface area contributed by atoms with E-state index in [1.165, 1.54) is 6.20 Å². The normalized spacial score (nSPS) is 10.4. The molecule has 0 radical (unpaired) electrons. The molecule has 1 aromatic carbocycles. The number of carbonyl (C=O) groups is 1. The standard InChI is InChI=1S/C14H16ClN3O/c1-2-8-18-14(12(15)9-17-18)13(19)10-16-11-6-4-3-5-7-11/h3-7,9,16H,2,8,10H2,1H3. The molecule has 1 aromatic heterocycles. The van der Waals surface area contributed by atoms with Gasteiger partial charge in [0.2, 0.25) is 5.78 Å². The van der Waals surface area contributed by atoms with E-state index in [0.717, 1.165) is 12.1 Å². The van der Waals surface area contributed by atoms with E-state index in [0.29, 0.717) is 17.3 Å². The maximum atomic E-state index is 12.2. The second kappa shape index (κ2) is 6.38. The fourth-order valence-electron chi connectivity index (χ4n) is 1.84. The number of benzene rings is 1. The Morgan fingerprint density at radius 3 is 2.79 bits per heavy atom. The Morgan fingerprint density at radius 1 is 1.37 bits per heavy atom. The van der Waals surface area contributed by atoms with Crippen molar-refractivity contribution in [2.45, 2.75) is 19.9 Å². The van der Waals surface area contributed by atoms with Crippen LogP contribution in [0.3, 0.4) is 0 Å². The Labute approximate surface area is 117 Å². The van der Waals surface area contributed by atoms with E-state index >= 15 is 0 Å². The van der Waals surface area contributed by atoms with Crippen LogP contribution in [0.5, 0.6) is 0 Å². The molecule has 0 bridgehead atoms. The van der Waals surface area contributed by atoms with Crippen molar-refractivity contribution < 1.29 is 4.79 Å². The first-order valence-corrected chi connectivity index (χ1v) is 6.63. The molecule has 5 heteroatoms. The quantitative estimate of drug-likeness (QED) is 0.825.